The summed E-state index contributed by atoms with van der Waals surface area (Å²) in [7, 11) is 0. The Labute approximate surface area is 142 Å². The van der Waals surface area contributed by atoms with Crippen LogP contribution in [0.5, 0.6) is 0 Å². The number of aromatic nitrogens is 3. The maximum Gasteiger partial charge on any atom is 0.149 e. The van der Waals surface area contributed by atoms with Crippen molar-refractivity contribution in [3.05, 3.63) is 70.8 Å². The maximum absolute atomic E-state index is 9.51. The number of allylic oxidation sites excluding steroid dienone is 1. The van der Waals surface area contributed by atoms with Crippen molar-refractivity contribution in [1.29, 1.82) is 5.26 Å². The number of nitrogens with one attached hydrogen (secondary N) is 1. The number of aromatic amines is 1. The van der Waals surface area contributed by atoms with Gasteiger partial charge >= 0.3 is 0 Å². The number of rotatable bonds is 3. The van der Waals surface area contributed by atoms with Gasteiger partial charge in [-0.1, -0.05) is 18.2 Å². The predicted molar refractivity (Wildman–Crippen MR) is 97.1 cm³/mol. The standard InChI is InChI=1S/C19H12N4S/c20-11-14(19-22-17-5-1-2-6-18(17)23-19)10-15-4-3-7-16(21-15)13-8-9-24-12-13/h1-10,12H,(H,22,23)/b14-10+. The molecule has 0 amide bonds. The highest BCUT2D eigenvalue weighted by atomic mass is 32.1. The Balaban J connectivity index is 1.75. The molecule has 0 atom stereocenters. The van der Waals surface area contributed by atoms with Crippen LogP contribution in [0.2, 0.25) is 0 Å². The van der Waals surface area contributed by atoms with Gasteiger partial charge in [0.2, 0.25) is 0 Å². The Hall–Kier alpha value is -3.23. The lowest BCUT2D eigenvalue weighted by Gasteiger charge is -2.00. The summed E-state index contributed by atoms with van der Waals surface area (Å²) < 4.78 is 0. The molecule has 0 spiro atoms. The van der Waals surface area contributed by atoms with Crippen molar-refractivity contribution in [2.24, 2.45) is 0 Å². The van der Waals surface area contributed by atoms with E-state index >= 15 is 0 Å². The molecule has 3 aromatic heterocycles. The average Bonchev–Trinajstić information content (AvgIpc) is 3.29. The number of imidazole rings is 1. The molecule has 0 saturated heterocycles. The van der Waals surface area contributed by atoms with E-state index in [1.165, 1.54) is 0 Å². The van der Waals surface area contributed by atoms with Gasteiger partial charge in [-0.05, 0) is 41.8 Å². The van der Waals surface area contributed by atoms with Gasteiger partial charge in [-0.15, -0.1) is 0 Å². The monoisotopic (exact) mass is 328 g/mol. The number of benzene rings is 1. The second kappa shape index (κ2) is 6.11. The van der Waals surface area contributed by atoms with Crippen molar-refractivity contribution in [2.45, 2.75) is 0 Å². The summed E-state index contributed by atoms with van der Waals surface area (Å²) in [6, 6.07) is 17.8. The Kier molecular flexibility index (Phi) is 3.66. The molecule has 0 radical (unpaired) electrons. The van der Waals surface area contributed by atoms with Gasteiger partial charge in [-0.25, -0.2) is 9.97 Å². The molecule has 4 aromatic rings. The Bertz CT molecular complexity index is 1040. The molecule has 4 rings (SSSR count). The van der Waals surface area contributed by atoms with Crippen LogP contribution in [-0.2, 0) is 0 Å². The van der Waals surface area contributed by atoms with E-state index in [0.717, 1.165) is 28.0 Å². The van der Waals surface area contributed by atoms with Crippen LogP contribution in [-0.4, -0.2) is 15.0 Å². The van der Waals surface area contributed by atoms with Gasteiger partial charge in [0, 0.05) is 10.9 Å². The van der Waals surface area contributed by atoms with Gasteiger partial charge in [0.1, 0.15) is 11.9 Å². The van der Waals surface area contributed by atoms with Crippen LogP contribution in [0.4, 0.5) is 0 Å². The van der Waals surface area contributed by atoms with Gasteiger partial charge in [-0.3, -0.25) is 0 Å². The quantitative estimate of drug-likeness (QED) is 0.552. The SMILES string of the molecule is N#C/C(=C\c1cccc(-c2ccsc2)n1)c1nc2ccccc2[nH]1. The molecule has 1 aromatic carbocycles. The summed E-state index contributed by atoms with van der Waals surface area (Å²) in [6.45, 7) is 0. The van der Waals surface area contributed by atoms with Gasteiger partial charge < -0.3 is 4.98 Å². The number of hydrogen-bond donors (Lipinski definition) is 1. The van der Waals surface area contributed by atoms with Crippen LogP contribution in [0.15, 0.2) is 59.3 Å². The minimum Gasteiger partial charge on any atom is -0.337 e. The second-order valence-corrected chi connectivity index (χ2v) is 6.01. The van der Waals surface area contributed by atoms with Crippen LogP contribution >= 0.6 is 11.3 Å². The third-order valence-corrected chi connectivity index (χ3v) is 4.33. The molecule has 0 fully saturated rings. The largest absolute Gasteiger partial charge is 0.337 e. The lowest BCUT2D eigenvalue weighted by atomic mass is 10.1. The van der Waals surface area contributed by atoms with Crippen LogP contribution < -0.4 is 0 Å². The third kappa shape index (κ3) is 2.71. The van der Waals surface area contributed by atoms with E-state index in [2.05, 4.69) is 26.4 Å². The zero-order valence-corrected chi connectivity index (χ0v) is 13.4. The van der Waals surface area contributed by atoms with Crippen molar-refractivity contribution in [1.82, 2.24) is 15.0 Å². The van der Waals surface area contributed by atoms with Crippen LogP contribution in [0, 0.1) is 11.3 Å². The van der Waals surface area contributed by atoms with E-state index in [9.17, 15) is 5.26 Å². The molecule has 0 aliphatic carbocycles. The first-order chi connectivity index (χ1) is 11.8. The zero-order valence-electron chi connectivity index (χ0n) is 12.6. The van der Waals surface area contributed by atoms with Gasteiger partial charge in [0.15, 0.2) is 0 Å². The second-order valence-electron chi connectivity index (χ2n) is 5.23. The molecule has 0 unspecified atom stereocenters. The molecule has 3 heterocycles. The van der Waals surface area contributed by atoms with Gasteiger partial charge in [0.05, 0.1) is 28.0 Å². The fraction of sp³-hybridized carbons (Fsp3) is 0. The smallest absolute Gasteiger partial charge is 0.149 e. The van der Waals surface area contributed by atoms with Crippen LogP contribution in [0.1, 0.15) is 11.5 Å². The van der Waals surface area contributed by atoms with Gasteiger partial charge in [-0.2, -0.15) is 16.6 Å². The lowest BCUT2D eigenvalue weighted by molar-refractivity contribution is 1.26. The topological polar surface area (TPSA) is 65.4 Å². The molecule has 114 valence electrons. The zero-order chi connectivity index (χ0) is 16.4. The fourth-order valence-corrected chi connectivity index (χ4v) is 3.13. The first-order valence-corrected chi connectivity index (χ1v) is 8.34. The first kappa shape index (κ1) is 14.4. The highest BCUT2D eigenvalue weighted by Gasteiger charge is 2.08. The molecular formula is C19H12N4S. The Morgan fingerprint density at radius 3 is 2.79 bits per heavy atom. The van der Waals surface area contributed by atoms with E-state index < -0.39 is 0 Å². The molecule has 24 heavy (non-hydrogen) atoms. The molecular weight excluding hydrogens is 316 g/mol. The number of pyridine rings is 1. The third-order valence-electron chi connectivity index (χ3n) is 3.64. The van der Waals surface area contributed by atoms with Crippen molar-refractivity contribution < 1.29 is 0 Å². The molecule has 1 N–H and O–H groups in total. The molecule has 0 aliphatic heterocycles. The summed E-state index contributed by atoms with van der Waals surface area (Å²) in [5.74, 6) is 0.557. The van der Waals surface area contributed by atoms with E-state index in [-0.39, 0.29) is 0 Å². The van der Waals surface area contributed by atoms with E-state index in [0.29, 0.717) is 11.4 Å². The molecule has 5 heteroatoms. The van der Waals surface area contributed by atoms with Crippen molar-refractivity contribution in [3.8, 4) is 17.3 Å². The molecule has 0 saturated carbocycles. The number of fused-ring (bicyclic) bond motifs is 1. The minimum atomic E-state index is 0.459. The van der Waals surface area contributed by atoms with E-state index in [1.54, 1.807) is 17.4 Å². The number of hydrogen-bond acceptors (Lipinski definition) is 4. The first-order valence-electron chi connectivity index (χ1n) is 7.40. The van der Waals surface area contributed by atoms with E-state index in [4.69, 9.17) is 0 Å². The number of para-hydroxylation sites is 2. The van der Waals surface area contributed by atoms with E-state index in [1.807, 2.05) is 53.9 Å². The summed E-state index contributed by atoms with van der Waals surface area (Å²) in [4.78, 5) is 12.3. The highest BCUT2D eigenvalue weighted by Crippen LogP contribution is 2.22. The summed E-state index contributed by atoms with van der Waals surface area (Å²) in [6.07, 6.45) is 1.76. The number of nitrogens with zero attached hydrogens (tertiary/aromatic N) is 3. The Morgan fingerprint density at radius 1 is 1.08 bits per heavy atom. The molecule has 0 aliphatic rings. The van der Waals surface area contributed by atoms with Gasteiger partial charge in [0.25, 0.3) is 0 Å². The number of H-pyrrole nitrogens is 1. The maximum atomic E-state index is 9.51. The summed E-state index contributed by atoms with van der Waals surface area (Å²) >= 11 is 1.64. The Morgan fingerprint density at radius 2 is 2.00 bits per heavy atom. The number of nitriles is 1. The summed E-state index contributed by atoms with van der Waals surface area (Å²) in [5.41, 5.74) is 4.92. The molecule has 0 bridgehead atoms. The van der Waals surface area contributed by atoms with Crippen LogP contribution in [0.25, 0.3) is 33.9 Å². The normalized spacial score (nSPS) is 11.5. The van der Waals surface area contributed by atoms with Crippen molar-refractivity contribution in [3.63, 3.8) is 0 Å². The lowest BCUT2D eigenvalue weighted by Crippen LogP contribution is -1.88. The fourth-order valence-electron chi connectivity index (χ4n) is 2.48. The number of thiophene rings is 1. The average molecular weight is 328 g/mol. The van der Waals surface area contributed by atoms with Crippen LogP contribution in [0.3, 0.4) is 0 Å². The van der Waals surface area contributed by atoms with Crippen molar-refractivity contribution in [2.75, 3.05) is 0 Å². The van der Waals surface area contributed by atoms with Crippen molar-refractivity contribution >= 4 is 34.0 Å². The summed E-state index contributed by atoms with van der Waals surface area (Å²) in [5, 5.41) is 13.6. The highest BCUT2D eigenvalue weighted by molar-refractivity contribution is 7.08. The minimum absolute atomic E-state index is 0.459. The molecule has 4 nitrogen and oxygen atoms in total. The predicted octanol–water partition coefficient (Wildman–Crippen LogP) is 4.75.